The first kappa shape index (κ1) is 14.6. The molecule has 110 valence electrons. The highest BCUT2D eigenvalue weighted by molar-refractivity contribution is 5.90. The zero-order valence-corrected chi connectivity index (χ0v) is 12.7. The molecule has 0 aromatic carbocycles. The molecule has 1 saturated heterocycles. The van der Waals surface area contributed by atoms with Gasteiger partial charge in [0.15, 0.2) is 0 Å². The van der Waals surface area contributed by atoms with Crippen molar-refractivity contribution in [1.29, 1.82) is 0 Å². The van der Waals surface area contributed by atoms with Gasteiger partial charge in [-0.15, -0.1) is 0 Å². The predicted octanol–water partition coefficient (Wildman–Crippen LogP) is 1.32. The standard InChI is InChI=1S/C14H23N5O/c1-5-6-16-13-17-10(2)9-11(18-13)19-8-7-15-12(20)14(19,3)4/h9H,5-8H2,1-4H3,(H,15,20)(H,16,17,18). The first-order chi connectivity index (χ1) is 9.45. The summed E-state index contributed by atoms with van der Waals surface area (Å²) in [6, 6.07) is 1.93. The first-order valence-corrected chi connectivity index (χ1v) is 7.10. The van der Waals surface area contributed by atoms with Gasteiger partial charge in [0.05, 0.1) is 0 Å². The molecule has 2 N–H and O–H groups in total. The number of carbonyl (C=O) groups excluding carboxylic acids is 1. The van der Waals surface area contributed by atoms with Gasteiger partial charge in [-0.05, 0) is 27.2 Å². The van der Waals surface area contributed by atoms with Gasteiger partial charge in [0.2, 0.25) is 11.9 Å². The maximum Gasteiger partial charge on any atom is 0.245 e. The van der Waals surface area contributed by atoms with Crippen molar-refractivity contribution in [2.24, 2.45) is 0 Å². The topological polar surface area (TPSA) is 70.2 Å². The molecule has 0 aliphatic carbocycles. The summed E-state index contributed by atoms with van der Waals surface area (Å²) in [5.74, 6) is 1.46. The van der Waals surface area contributed by atoms with E-state index in [1.807, 2.05) is 31.7 Å². The number of hydrogen-bond acceptors (Lipinski definition) is 5. The number of rotatable bonds is 4. The van der Waals surface area contributed by atoms with Gasteiger partial charge in [-0.2, -0.15) is 4.98 Å². The molecular formula is C14H23N5O. The van der Waals surface area contributed by atoms with Crippen LogP contribution in [-0.2, 0) is 4.79 Å². The fraction of sp³-hybridized carbons (Fsp3) is 0.643. The van der Waals surface area contributed by atoms with Gasteiger partial charge in [0, 0.05) is 31.4 Å². The number of amides is 1. The van der Waals surface area contributed by atoms with Crippen LogP contribution in [0, 0.1) is 6.92 Å². The maximum atomic E-state index is 12.0. The minimum absolute atomic E-state index is 0.0306. The molecule has 2 rings (SSSR count). The van der Waals surface area contributed by atoms with E-state index in [4.69, 9.17) is 0 Å². The molecule has 0 atom stereocenters. The quantitative estimate of drug-likeness (QED) is 0.868. The van der Waals surface area contributed by atoms with Crippen molar-refractivity contribution in [2.45, 2.75) is 39.7 Å². The summed E-state index contributed by atoms with van der Waals surface area (Å²) in [7, 11) is 0. The van der Waals surface area contributed by atoms with E-state index in [9.17, 15) is 4.79 Å². The highest BCUT2D eigenvalue weighted by atomic mass is 16.2. The van der Waals surface area contributed by atoms with Gasteiger partial charge in [-0.25, -0.2) is 4.98 Å². The van der Waals surface area contributed by atoms with Crippen molar-refractivity contribution >= 4 is 17.7 Å². The second-order valence-corrected chi connectivity index (χ2v) is 5.58. The van der Waals surface area contributed by atoms with Crippen LogP contribution in [0.3, 0.4) is 0 Å². The summed E-state index contributed by atoms with van der Waals surface area (Å²) in [4.78, 5) is 23.0. The number of aryl methyl sites for hydroxylation is 1. The molecule has 1 aliphatic rings. The van der Waals surface area contributed by atoms with Gasteiger partial charge in [-0.3, -0.25) is 4.79 Å². The van der Waals surface area contributed by atoms with Gasteiger partial charge in [-0.1, -0.05) is 6.92 Å². The van der Waals surface area contributed by atoms with Crippen LogP contribution < -0.4 is 15.5 Å². The third-order valence-electron chi connectivity index (χ3n) is 3.50. The monoisotopic (exact) mass is 277 g/mol. The average molecular weight is 277 g/mol. The second-order valence-electron chi connectivity index (χ2n) is 5.58. The van der Waals surface area contributed by atoms with Crippen molar-refractivity contribution in [3.63, 3.8) is 0 Å². The highest BCUT2D eigenvalue weighted by Gasteiger charge is 2.38. The molecule has 1 fully saturated rings. The Balaban J connectivity index is 2.31. The van der Waals surface area contributed by atoms with Gasteiger partial charge in [0.1, 0.15) is 11.4 Å². The average Bonchev–Trinajstić information content (AvgIpc) is 2.39. The summed E-state index contributed by atoms with van der Waals surface area (Å²) in [5.41, 5.74) is 0.302. The lowest BCUT2D eigenvalue weighted by Gasteiger charge is -2.42. The van der Waals surface area contributed by atoms with E-state index in [-0.39, 0.29) is 5.91 Å². The number of anilines is 2. The number of aromatic nitrogens is 2. The van der Waals surface area contributed by atoms with E-state index >= 15 is 0 Å². The molecule has 20 heavy (non-hydrogen) atoms. The van der Waals surface area contributed by atoms with Gasteiger partial charge < -0.3 is 15.5 Å². The van der Waals surface area contributed by atoms with Crippen LogP contribution in [0.1, 0.15) is 32.9 Å². The molecule has 6 nitrogen and oxygen atoms in total. The summed E-state index contributed by atoms with van der Waals surface area (Å²) in [6.45, 7) is 10.1. The van der Waals surface area contributed by atoms with E-state index in [1.54, 1.807) is 0 Å². The van der Waals surface area contributed by atoms with Gasteiger partial charge in [0.25, 0.3) is 0 Å². The molecule has 0 unspecified atom stereocenters. The van der Waals surface area contributed by atoms with Crippen molar-refractivity contribution in [3.8, 4) is 0 Å². The van der Waals surface area contributed by atoms with E-state index in [0.29, 0.717) is 12.5 Å². The minimum Gasteiger partial charge on any atom is -0.354 e. The SMILES string of the molecule is CCCNc1nc(C)cc(N2CCNC(=O)C2(C)C)n1. The Labute approximate surface area is 120 Å². The number of nitrogens with zero attached hydrogens (tertiary/aromatic N) is 3. The Morgan fingerprint density at radius 3 is 2.90 bits per heavy atom. The van der Waals surface area contributed by atoms with E-state index in [2.05, 4.69) is 27.5 Å². The minimum atomic E-state index is -0.596. The number of hydrogen-bond donors (Lipinski definition) is 2. The smallest absolute Gasteiger partial charge is 0.245 e. The Bertz CT molecular complexity index is 500. The summed E-state index contributed by atoms with van der Waals surface area (Å²) in [6.07, 6.45) is 1.02. The predicted molar refractivity (Wildman–Crippen MR) is 80.0 cm³/mol. The van der Waals surface area contributed by atoms with Gasteiger partial charge >= 0.3 is 0 Å². The third-order valence-corrected chi connectivity index (χ3v) is 3.50. The van der Waals surface area contributed by atoms with Crippen LogP contribution in [0.25, 0.3) is 0 Å². The van der Waals surface area contributed by atoms with Crippen LogP contribution in [0.15, 0.2) is 6.07 Å². The summed E-state index contributed by atoms with van der Waals surface area (Å²) in [5, 5.41) is 6.10. The normalized spacial score (nSPS) is 17.8. The zero-order chi connectivity index (χ0) is 14.8. The number of carbonyl (C=O) groups is 1. The molecule has 1 aromatic heterocycles. The Morgan fingerprint density at radius 2 is 2.20 bits per heavy atom. The molecule has 1 amide bonds. The second kappa shape index (κ2) is 5.64. The van der Waals surface area contributed by atoms with Crippen LogP contribution in [0.5, 0.6) is 0 Å². The van der Waals surface area contributed by atoms with Crippen molar-refractivity contribution in [2.75, 3.05) is 29.9 Å². The van der Waals surface area contributed by atoms with Crippen LogP contribution in [0.4, 0.5) is 11.8 Å². The molecule has 0 saturated carbocycles. The molecule has 1 aliphatic heterocycles. The largest absolute Gasteiger partial charge is 0.354 e. The molecule has 0 spiro atoms. The molecule has 0 bridgehead atoms. The molecule has 2 heterocycles. The Morgan fingerprint density at radius 1 is 1.45 bits per heavy atom. The molecule has 1 aromatic rings. The summed E-state index contributed by atoms with van der Waals surface area (Å²) < 4.78 is 0. The Hall–Kier alpha value is -1.85. The molecule has 0 radical (unpaired) electrons. The highest BCUT2D eigenvalue weighted by Crippen LogP contribution is 2.25. The number of nitrogens with one attached hydrogen (secondary N) is 2. The fourth-order valence-electron chi connectivity index (χ4n) is 2.31. The Kier molecular flexibility index (Phi) is 4.11. The van der Waals surface area contributed by atoms with Crippen LogP contribution >= 0.6 is 0 Å². The van der Waals surface area contributed by atoms with E-state index < -0.39 is 5.54 Å². The lowest BCUT2D eigenvalue weighted by molar-refractivity contribution is -0.126. The molecular weight excluding hydrogens is 254 g/mol. The van der Waals surface area contributed by atoms with Crippen molar-refractivity contribution in [3.05, 3.63) is 11.8 Å². The molecule has 6 heteroatoms. The zero-order valence-electron chi connectivity index (χ0n) is 12.7. The number of piperazine rings is 1. The lowest BCUT2D eigenvalue weighted by Crippen LogP contribution is -2.62. The third kappa shape index (κ3) is 2.84. The van der Waals surface area contributed by atoms with Crippen LogP contribution in [-0.4, -0.2) is 41.0 Å². The van der Waals surface area contributed by atoms with Crippen LogP contribution in [0.2, 0.25) is 0 Å². The maximum absolute atomic E-state index is 12.0. The van der Waals surface area contributed by atoms with Crippen molar-refractivity contribution in [1.82, 2.24) is 15.3 Å². The van der Waals surface area contributed by atoms with E-state index in [0.717, 1.165) is 31.0 Å². The first-order valence-electron chi connectivity index (χ1n) is 7.10. The lowest BCUT2D eigenvalue weighted by atomic mass is 9.99. The summed E-state index contributed by atoms with van der Waals surface area (Å²) >= 11 is 0. The fourth-order valence-corrected chi connectivity index (χ4v) is 2.31. The van der Waals surface area contributed by atoms with E-state index in [1.165, 1.54) is 0 Å². The van der Waals surface area contributed by atoms with Crippen molar-refractivity contribution < 1.29 is 4.79 Å².